The monoisotopic (exact) mass is 362 g/mol. The zero-order valence-electron chi connectivity index (χ0n) is 15.0. The third-order valence-electron chi connectivity index (χ3n) is 4.38. The molecule has 1 atom stereocenters. The smallest absolute Gasteiger partial charge is 0.259 e. The van der Waals surface area contributed by atoms with Gasteiger partial charge in [0.2, 0.25) is 0 Å². The van der Waals surface area contributed by atoms with Crippen molar-refractivity contribution in [2.75, 3.05) is 19.7 Å². The maximum atomic E-state index is 13.1. The molecule has 2 heterocycles. The van der Waals surface area contributed by atoms with Crippen LogP contribution >= 0.6 is 11.6 Å². The Labute approximate surface area is 152 Å². The number of hydrogen-bond donors (Lipinski definition) is 0. The third-order valence-corrected chi connectivity index (χ3v) is 4.63. The number of benzene rings is 1. The van der Waals surface area contributed by atoms with Crippen molar-refractivity contribution < 1.29 is 14.1 Å². The predicted molar refractivity (Wildman–Crippen MR) is 96.0 cm³/mol. The lowest BCUT2D eigenvalue weighted by atomic mass is 9.88. The van der Waals surface area contributed by atoms with Gasteiger partial charge in [0.05, 0.1) is 13.2 Å². The van der Waals surface area contributed by atoms with Gasteiger partial charge in [-0.25, -0.2) is 0 Å². The second-order valence-electron chi connectivity index (χ2n) is 7.37. The number of rotatable bonds is 2. The molecule has 3 rings (SSSR count). The van der Waals surface area contributed by atoms with Gasteiger partial charge >= 0.3 is 0 Å². The number of nitrogens with zero attached hydrogens (tertiary/aromatic N) is 2. The van der Waals surface area contributed by atoms with Gasteiger partial charge in [-0.3, -0.25) is 4.79 Å². The van der Waals surface area contributed by atoms with Crippen LogP contribution in [0.25, 0.3) is 0 Å². The first-order chi connectivity index (χ1) is 11.8. The van der Waals surface area contributed by atoms with Crippen LogP contribution in [0.4, 0.5) is 0 Å². The van der Waals surface area contributed by atoms with Crippen molar-refractivity contribution >= 4 is 17.5 Å². The van der Waals surface area contributed by atoms with Crippen LogP contribution in [-0.4, -0.2) is 35.7 Å². The highest BCUT2D eigenvalue weighted by Crippen LogP contribution is 2.30. The van der Waals surface area contributed by atoms with E-state index in [0.717, 1.165) is 5.56 Å². The van der Waals surface area contributed by atoms with Crippen molar-refractivity contribution in [2.24, 2.45) is 0 Å². The summed E-state index contributed by atoms with van der Waals surface area (Å²) < 4.78 is 11.2. The lowest BCUT2D eigenvalue weighted by Gasteiger charge is -2.33. The number of hydrogen-bond acceptors (Lipinski definition) is 4. The normalized spacial score (nSPS) is 18.4. The number of aryl methyl sites for hydroxylation is 1. The van der Waals surface area contributed by atoms with E-state index in [9.17, 15) is 4.79 Å². The number of carbonyl (C=O) groups is 1. The molecule has 1 aromatic carbocycles. The van der Waals surface area contributed by atoms with E-state index in [0.29, 0.717) is 41.7 Å². The van der Waals surface area contributed by atoms with Gasteiger partial charge in [0.25, 0.3) is 5.91 Å². The molecule has 0 N–H and O–H groups in total. The summed E-state index contributed by atoms with van der Waals surface area (Å²) in [6.45, 7) is 9.40. The van der Waals surface area contributed by atoms with Crippen LogP contribution in [0.3, 0.4) is 0 Å². The number of aromatic nitrogens is 1. The Kier molecular flexibility index (Phi) is 4.89. The Hall–Kier alpha value is -1.85. The van der Waals surface area contributed by atoms with Gasteiger partial charge in [0.1, 0.15) is 23.1 Å². The SMILES string of the molecule is Cc1onc(C(C)(C)C)c1C(=O)N1CCOC(c2ccc(Cl)cc2)C1. The van der Waals surface area contributed by atoms with Crippen molar-refractivity contribution in [3.05, 3.63) is 51.9 Å². The van der Waals surface area contributed by atoms with Crippen molar-refractivity contribution in [3.8, 4) is 0 Å². The van der Waals surface area contributed by atoms with E-state index in [1.165, 1.54) is 0 Å². The minimum Gasteiger partial charge on any atom is -0.370 e. The van der Waals surface area contributed by atoms with E-state index in [-0.39, 0.29) is 17.4 Å². The Morgan fingerprint density at radius 1 is 1.28 bits per heavy atom. The molecule has 1 amide bonds. The summed E-state index contributed by atoms with van der Waals surface area (Å²) in [7, 11) is 0. The molecule has 134 valence electrons. The van der Waals surface area contributed by atoms with E-state index in [1.54, 1.807) is 6.92 Å². The highest BCUT2D eigenvalue weighted by Gasteiger charge is 2.33. The van der Waals surface area contributed by atoms with Crippen LogP contribution in [0.1, 0.15) is 54.3 Å². The Balaban J connectivity index is 1.83. The van der Waals surface area contributed by atoms with Crippen LogP contribution in [0, 0.1) is 6.92 Å². The molecule has 2 aromatic rings. The number of ether oxygens (including phenoxy) is 1. The summed E-state index contributed by atoms with van der Waals surface area (Å²) >= 11 is 5.95. The molecule has 1 aliphatic heterocycles. The largest absolute Gasteiger partial charge is 0.370 e. The van der Waals surface area contributed by atoms with Gasteiger partial charge in [0.15, 0.2) is 0 Å². The van der Waals surface area contributed by atoms with Crippen molar-refractivity contribution in [1.29, 1.82) is 0 Å². The van der Waals surface area contributed by atoms with Crippen molar-refractivity contribution in [3.63, 3.8) is 0 Å². The van der Waals surface area contributed by atoms with Gasteiger partial charge in [0, 0.05) is 17.0 Å². The molecular formula is C19H23ClN2O3. The fourth-order valence-corrected chi connectivity index (χ4v) is 3.13. The number of halogens is 1. The zero-order chi connectivity index (χ0) is 18.2. The minimum absolute atomic E-state index is 0.0501. The topological polar surface area (TPSA) is 55.6 Å². The molecule has 0 saturated carbocycles. The van der Waals surface area contributed by atoms with Crippen LogP contribution in [0.5, 0.6) is 0 Å². The van der Waals surface area contributed by atoms with E-state index in [4.69, 9.17) is 20.9 Å². The Morgan fingerprint density at radius 3 is 2.60 bits per heavy atom. The fraction of sp³-hybridized carbons (Fsp3) is 0.474. The van der Waals surface area contributed by atoms with Crippen LogP contribution in [0.2, 0.25) is 5.02 Å². The number of carbonyl (C=O) groups excluding carboxylic acids is 1. The molecule has 0 spiro atoms. The average Bonchev–Trinajstić information content (AvgIpc) is 2.97. The molecule has 1 aromatic heterocycles. The molecule has 1 unspecified atom stereocenters. The summed E-state index contributed by atoms with van der Waals surface area (Å²) in [4.78, 5) is 14.9. The third kappa shape index (κ3) is 3.72. The Morgan fingerprint density at radius 2 is 1.96 bits per heavy atom. The summed E-state index contributed by atoms with van der Waals surface area (Å²) in [5.74, 6) is 0.510. The fourth-order valence-electron chi connectivity index (χ4n) is 3.01. The van der Waals surface area contributed by atoms with Gasteiger partial charge < -0.3 is 14.2 Å². The van der Waals surface area contributed by atoms with Crippen LogP contribution in [-0.2, 0) is 10.2 Å². The zero-order valence-corrected chi connectivity index (χ0v) is 15.8. The van der Waals surface area contributed by atoms with Crippen molar-refractivity contribution in [1.82, 2.24) is 10.1 Å². The molecule has 1 aliphatic rings. The highest BCUT2D eigenvalue weighted by molar-refractivity contribution is 6.30. The molecular weight excluding hydrogens is 340 g/mol. The second-order valence-corrected chi connectivity index (χ2v) is 7.81. The first kappa shape index (κ1) is 18.0. The van der Waals surface area contributed by atoms with Gasteiger partial charge in [-0.1, -0.05) is 49.7 Å². The summed E-state index contributed by atoms with van der Waals surface area (Å²) in [6, 6.07) is 7.55. The van der Waals surface area contributed by atoms with E-state index in [2.05, 4.69) is 5.16 Å². The molecule has 1 fully saturated rings. The van der Waals surface area contributed by atoms with Crippen molar-refractivity contribution in [2.45, 2.75) is 39.2 Å². The molecule has 0 aliphatic carbocycles. The van der Waals surface area contributed by atoms with Crippen LogP contribution in [0.15, 0.2) is 28.8 Å². The molecule has 0 radical (unpaired) electrons. The molecule has 6 heteroatoms. The van der Waals surface area contributed by atoms with Gasteiger partial charge in [-0.05, 0) is 24.6 Å². The number of morpholine rings is 1. The lowest BCUT2D eigenvalue weighted by molar-refractivity contribution is -0.0229. The molecule has 1 saturated heterocycles. The molecule has 5 nitrogen and oxygen atoms in total. The standard InChI is InChI=1S/C19H23ClN2O3/c1-12-16(17(21-25-12)19(2,3)4)18(23)22-9-10-24-15(11-22)13-5-7-14(20)8-6-13/h5-8,15H,9-11H2,1-4H3. The van der Waals surface area contributed by atoms with Crippen LogP contribution < -0.4 is 0 Å². The maximum absolute atomic E-state index is 13.1. The van der Waals surface area contributed by atoms with E-state index >= 15 is 0 Å². The second kappa shape index (κ2) is 6.81. The molecule has 0 bridgehead atoms. The van der Waals surface area contributed by atoms with E-state index in [1.807, 2.05) is 49.9 Å². The summed E-state index contributed by atoms with van der Waals surface area (Å²) in [5, 5.41) is 4.80. The minimum atomic E-state index is -0.259. The summed E-state index contributed by atoms with van der Waals surface area (Å²) in [6.07, 6.45) is -0.159. The molecule has 25 heavy (non-hydrogen) atoms. The highest BCUT2D eigenvalue weighted by atomic mass is 35.5. The van der Waals surface area contributed by atoms with E-state index < -0.39 is 0 Å². The lowest BCUT2D eigenvalue weighted by Crippen LogP contribution is -2.43. The maximum Gasteiger partial charge on any atom is 0.259 e. The first-order valence-electron chi connectivity index (χ1n) is 8.40. The quantitative estimate of drug-likeness (QED) is 0.805. The van der Waals surface area contributed by atoms with Gasteiger partial charge in [-0.2, -0.15) is 0 Å². The Bertz CT molecular complexity index is 762. The summed E-state index contributed by atoms with van der Waals surface area (Å²) in [5.41, 5.74) is 2.03. The predicted octanol–water partition coefficient (Wildman–Crippen LogP) is 4.15. The first-order valence-corrected chi connectivity index (χ1v) is 8.78. The average molecular weight is 363 g/mol. The number of amides is 1. The van der Waals surface area contributed by atoms with Gasteiger partial charge in [-0.15, -0.1) is 0 Å².